The van der Waals surface area contributed by atoms with Gasteiger partial charge in [-0.25, -0.2) is 0 Å². The van der Waals surface area contributed by atoms with E-state index in [9.17, 15) is 14.7 Å². The van der Waals surface area contributed by atoms with E-state index in [4.69, 9.17) is 10.2 Å². The smallest absolute Gasteiger partial charge is 0.295 e. The fraction of sp³-hybridized carbons (Fsp3) is 0.111. The quantitative estimate of drug-likeness (QED) is 0.380. The van der Waals surface area contributed by atoms with Gasteiger partial charge in [-0.3, -0.25) is 9.59 Å². The lowest BCUT2D eigenvalue weighted by atomic mass is 10.1. The molecule has 0 saturated heterocycles. The van der Waals surface area contributed by atoms with Crippen LogP contribution in [0.2, 0.25) is 0 Å². The van der Waals surface area contributed by atoms with Gasteiger partial charge in [0.15, 0.2) is 0 Å². The lowest BCUT2D eigenvalue weighted by Gasteiger charge is -2.08. The lowest BCUT2D eigenvalue weighted by Crippen LogP contribution is -2.40. The number of aromatic hydroxyl groups is 1. The van der Waals surface area contributed by atoms with E-state index < -0.39 is 23.1 Å². The number of fused-ring (bicyclic) bond motifs is 1. The highest BCUT2D eigenvalue weighted by atomic mass is 16.5. The molecule has 0 spiro atoms. The molecule has 1 aromatic carbocycles. The highest BCUT2D eigenvalue weighted by Gasteiger charge is 2.52. The number of phenolic OH excluding ortho intramolecular Hbond substituents is 1. The first kappa shape index (κ1) is 8.86. The molecule has 3 N–H and O–H groups in total. The molecule has 1 aliphatic carbocycles. The van der Waals surface area contributed by atoms with Gasteiger partial charge in [0, 0.05) is 5.56 Å². The van der Waals surface area contributed by atoms with Crippen molar-refractivity contribution in [2.24, 2.45) is 0 Å². The molecule has 0 radical (unpaired) electrons. The van der Waals surface area contributed by atoms with Crippen LogP contribution >= 0.6 is 0 Å². The number of hydrogen-bond donors (Lipinski definition) is 3. The van der Waals surface area contributed by atoms with Crippen molar-refractivity contribution in [3.05, 3.63) is 29.3 Å². The SMILES string of the molecule is O=C1c2cccc(O)c2C(=O)C1(O)O. The van der Waals surface area contributed by atoms with Crippen LogP contribution in [0.1, 0.15) is 20.7 Å². The number of aliphatic hydroxyl groups is 2. The molecule has 72 valence electrons. The van der Waals surface area contributed by atoms with E-state index >= 15 is 0 Å². The Hall–Kier alpha value is -1.72. The maximum atomic E-state index is 11.3. The molecule has 14 heavy (non-hydrogen) atoms. The van der Waals surface area contributed by atoms with Gasteiger partial charge in [0.2, 0.25) is 11.6 Å². The van der Waals surface area contributed by atoms with Crippen LogP contribution in [0.5, 0.6) is 5.75 Å². The van der Waals surface area contributed by atoms with E-state index in [0.717, 1.165) is 0 Å². The van der Waals surface area contributed by atoms with Crippen molar-refractivity contribution >= 4 is 11.6 Å². The molecular formula is C9H6O5. The van der Waals surface area contributed by atoms with Crippen LogP contribution in [0.15, 0.2) is 18.2 Å². The summed E-state index contributed by atoms with van der Waals surface area (Å²) in [7, 11) is 0. The molecule has 5 heteroatoms. The molecule has 0 bridgehead atoms. The van der Waals surface area contributed by atoms with Gasteiger partial charge in [0.25, 0.3) is 5.79 Å². The Labute approximate surface area is 78.2 Å². The predicted octanol–water partition coefficient (Wildman–Crippen LogP) is -0.548. The van der Waals surface area contributed by atoms with Crippen LogP contribution in [0, 0.1) is 0 Å². The average Bonchev–Trinajstić information content (AvgIpc) is 2.30. The van der Waals surface area contributed by atoms with Gasteiger partial charge in [0.05, 0.1) is 5.56 Å². The zero-order chi connectivity index (χ0) is 10.5. The molecule has 0 fully saturated rings. The van der Waals surface area contributed by atoms with Crippen LogP contribution in [-0.4, -0.2) is 32.7 Å². The molecule has 2 rings (SSSR count). The standard InChI is InChI=1S/C9H6O5/c10-5-3-1-2-4-6(5)8(12)9(13,14)7(4)11/h1-3,10,13-14H. The Bertz CT molecular complexity index is 447. The molecule has 0 saturated carbocycles. The fourth-order valence-corrected chi connectivity index (χ4v) is 1.43. The first-order valence-electron chi connectivity index (χ1n) is 3.82. The zero-order valence-electron chi connectivity index (χ0n) is 6.89. The molecule has 0 aliphatic heterocycles. The summed E-state index contributed by atoms with van der Waals surface area (Å²) < 4.78 is 0. The molecule has 0 aromatic heterocycles. The normalized spacial score (nSPS) is 18.4. The van der Waals surface area contributed by atoms with Gasteiger partial charge in [-0.05, 0) is 6.07 Å². The number of benzene rings is 1. The van der Waals surface area contributed by atoms with Crippen LogP contribution in [0.25, 0.3) is 0 Å². The highest BCUT2D eigenvalue weighted by molar-refractivity contribution is 6.31. The monoisotopic (exact) mass is 194 g/mol. The van der Waals surface area contributed by atoms with Gasteiger partial charge < -0.3 is 15.3 Å². The topological polar surface area (TPSA) is 94.8 Å². The minimum absolute atomic E-state index is 0.167. The fourth-order valence-electron chi connectivity index (χ4n) is 1.43. The van der Waals surface area contributed by atoms with E-state index in [1.807, 2.05) is 0 Å². The summed E-state index contributed by atoms with van der Waals surface area (Å²) in [6.07, 6.45) is 0. The maximum Gasteiger partial charge on any atom is 0.295 e. The number of carbonyl (C=O) groups excluding carboxylic acids is 2. The number of rotatable bonds is 0. The molecule has 1 aromatic rings. The van der Waals surface area contributed by atoms with Crippen LogP contribution in [-0.2, 0) is 0 Å². The molecule has 1 aliphatic rings. The van der Waals surface area contributed by atoms with Crippen molar-refractivity contribution in [1.29, 1.82) is 0 Å². The number of Topliss-reactive ketones (excluding diaryl/α,β-unsaturated/α-hetero) is 2. The van der Waals surface area contributed by atoms with E-state index in [1.54, 1.807) is 0 Å². The summed E-state index contributed by atoms with van der Waals surface area (Å²) in [6.45, 7) is 0. The Morgan fingerprint density at radius 3 is 2.29 bits per heavy atom. The first-order chi connectivity index (χ1) is 6.46. The average molecular weight is 194 g/mol. The molecule has 5 nitrogen and oxygen atoms in total. The van der Waals surface area contributed by atoms with Gasteiger partial charge in [-0.1, -0.05) is 12.1 Å². The zero-order valence-corrected chi connectivity index (χ0v) is 6.89. The van der Waals surface area contributed by atoms with E-state index in [2.05, 4.69) is 0 Å². The summed E-state index contributed by atoms with van der Waals surface area (Å²) in [4.78, 5) is 22.5. The number of carbonyl (C=O) groups is 2. The second kappa shape index (κ2) is 2.40. The Morgan fingerprint density at radius 1 is 1.07 bits per heavy atom. The molecule has 0 heterocycles. The first-order valence-corrected chi connectivity index (χ1v) is 3.82. The van der Waals surface area contributed by atoms with Crippen molar-refractivity contribution in [1.82, 2.24) is 0 Å². The number of phenols is 1. The number of ketones is 2. The maximum absolute atomic E-state index is 11.3. The van der Waals surface area contributed by atoms with Crippen molar-refractivity contribution in [2.75, 3.05) is 0 Å². The van der Waals surface area contributed by atoms with Gasteiger partial charge >= 0.3 is 0 Å². The minimum atomic E-state index is -3.03. The van der Waals surface area contributed by atoms with Crippen molar-refractivity contribution in [3.63, 3.8) is 0 Å². The molecule has 0 amide bonds. The summed E-state index contributed by atoms with van der Waals surface area (Å²) in [5, 5.41) is 27.5. The summed E-state index contributed by atoms with van der Waals surface area (Å²) in [6, 6.07) is 3.80. The van der Waals surface area contributed by atoms with E-state index in [1.165, 1.54) is 18.2 Å². The van der Waals surface area contributed by atoms with Gasteiger partial charge in [0.1, 0.15) is 5.75 Å². The highest BCUT2D eigenvalue weighted by Crippen LogP contribution is 2.33. The van der Waals surface area contributed by atoms with Crippen LogP contribution in [0.4, 0.5) is 0 Å². The largest absolute Gasteiger partial charge is 0.507 e. The Kier molecular flexibility index (Phi) is 1.52. The van der Waals surface area contributed by atoms with Crippen LogP contribution < -0.4 is 0 Å². The third kappa shape index (κ3) is 0.850. The summed E-state index contributed by atoms with van der Waals surface area (Å²) in [5.41, 5.74) is -0.498. The van der Waals surface area contributed by atoms with Crippen molar-refractivity contribution < 1.29 is 24.9 Å². The lowest BCUT2D eigenvalue weighted by molar-refractivity contribution is -0.0857. The number of hydrogen-bond acceptors (Lipinski definition) is 5. The summed E-state index contributed by atoms with van der Waals surface area (Å²) in [5.74, 6) is -5.74. The molecular weight excluding hydrogens is 188 g/mol. The van der Waals surface area contributed by atoms with Gasteiger partial charge in [-0.15, -0.1) is 0 Å². The van der Waals surface area contributed by atoms with Crippen molar-refractivity contribution in [3.8, 4) is 5.75 Å². The third-order valence-corrected chi connectivity index (χ3v) is 2.15. The van der Waals surface area contributed by atoms with E-state index in [-0.39, 0.29) is 11.1 Å². The predicted molar refractivity (Wildman–Crippen MR) is 43.9 cm³/mol. The second-order valence-corrected chi connectivity index (χ2v) is 3.03. The Balaban J connectivity index is 2.77. The van der Waals surface area contributed by atoms with E-state index in [0.29, 0.717) is 0 Å². The van der Waals surface area contributed by atoms with Gasteiger partial charge in [-0.2, -0.15) is 0 Å². The molecule has 0 atom stereocenters. The minimum Gasteiger partial charge on any atom is -0.507 e. The molecule has 0 unspecified atom stereocenters. The second-order valence-electron chi connectivity index (χ2n) is 3.03. The summed E-state index contributed by atoms with van der Waals surface area (Å²) >= 11 is 0. The van der Waals surface area contributed by atoms with Crippen LogP contribution in [0.3, 0.4) is 0 Å². The van der Waals surface area contributed by atoms with Crippen molar-refractivity contribution in [2.45, 2.75) is 5.79 Å². The Morgan fingerprint density at radius 2 is 1.71 bits per heavy atom. The third-order valence-electron chi connectivity index (χ3n) is 2.15.